The molecule has 0 heterocycles. The Hall–Kier alpha value is -1.07. The molecule has 0 radical (unpaired) electrons. The van der Waals surface area contributed by atoms with Gasteiger partial charge in [0.2, 0.25) is 0 Å². The lowest BCUT2D eigenvalue weighted by atomic mass is 10.1. The van der Waals surface area contributed by atoms with Crippen LogP contribution in [0.5, 0.6) is 5.75 Å². The number of carbonyl (C=O) groups is 1. The van der Waals surface area contributed by atoms with E-state index < -0.39 is 6.10 Å². The number of halogens is 1. The Labute approximate surface area is 129 Å². The first-order chi connectivity index (χ1) is 9.31. The number of benzene rings is 1. The number of nitrogens with two attached hydrogens (primary N) is 1. The largest absolute Gasteiger partial charge is 0.481 e. The first-order valence-electron chi connectivity index (χ1n) is 6.80. The molecular formula is C15H23BrN2O2. The summed E-state index contributed by atoms with van der Waals surface area (Å²) in [6, 6.07) is 5.46. The Morgan fingerprint density at radius 1 is 1.35 bits per heavy atom. The van der Waals surface area contributed by atoms with Gasteiger partial charge in [0.05, 0.1) is 0 Å². The molecule has 1 aromatic carbocycles. The van der Waals surface area contributed by atoms with E-state index in [0.717, 1.165) is 10.0 Å². The minimum absolute atomic E-state index is 0.114. The van der Waals surface area contributed by atoms with Crippen molar-refractivity contribution in [1.82, 2.24) is 5.32 Å². The lowest BCUT2D eigenvalue weighted by molar-refractivity contribution is -0.127. The Kier molecular flexibility index (Phi) is 6.49. The first-order valence-corrected chi connectivity index (χ1v) is 7.60. The zero-order valence-electron chi connectivity index (χ0n) is 12.4. The Balaban J connectivity index is 2.75. The van der Waals surface area contributed by atoms with Crippen LogP contribution in [0.4, 0.5) is 0 Å². The molecule has 0 aliphatic carbocycles. The van der Waals surface area contributed by atoms with Crippen molar-refractivity contribution in [3.05, 3.63) is 28.2 Å². The van der Waals surface area contributed by atoms with Gasteiger partial charge in [-0.1, -0.05) is 29.8 Å². The van der Waals surface area contributed by atoms with E-state index in [0.29, 0.717) is 18.2 Å². The maximum Gasteiger partial charge on any atom is 0.260 e. The van der Waals surface area contributed by atoms with E-state index in [1.165, 1.54) is 0 Å². The van der Waals surface area contributed by atoms with Crippen LogP contribution in [0, 0.1) is 5.92 Å². The van der Waals surface area contributed by atoms with Crippen molar-refractivity contribution in [2.75, 3.05) is 6.54 Å². The fourth-order valence-corrected chi connectivity index (χ4v) is 2.05. The van der Waals surface area contributed by atoms with Crippen LogP contribution in [-0.4, -0.2) is 18.6 Å². The quantitative estimate of drug-likeness (QED) is 0.835. The van der Waals surface area contributed by atoms with Gasteiger partial charge >= 0.3 is 0 Å². The third kappa shape index (κ3) is 5.13. The minimum Gasteiger partial charge on any atom is -0.481 e. The van der Waals surface area contributed by atoms with Gasteiger partial charge in [-0.25, -0.2) is 0 Å². The van der Waals surface area contributed by atoms with Crippen LogP contribution in [-0.2, 0) is 4.79 Å². The normalized spacial score (nSPS) is 13.9. The van der Waals surface area contributed by atoms with Crippen LogP contribution < -0.4 is 15.8 Å². The number of hydrogen-bond donors (Lipinski definition) is 2. The van der Waals surface area contributed by atoms with E-state index in [4.69, 9.17) is 10.5 Å². The average molecular weight is 343 g/mol. The fourth-order valence-electron chi connectivity index (χ4n) is 1.67. The molecule has 1 rings (SSSR count). The molecule has 1 aromatic rings. The van der Waals surface area contributed by atoms with Crippen molar-refractivity contribution >= 4 is 21.8 Å². The summed E-state index contributed by atoms with van der Waals surface area (Å²) in [5.74, 6) is 0.950. The lowest BCUT2D eigenvalue weighted by Crippen LogP contribution is -2.38. The molecule has 20 heavy (non-hydrogen) atoms. The molecule has 0 saturated heterocycles. The second-order valence-electron chi connectivity index (χ2n) is 5.37. The lowest BCUT2D eigenvalue weighted by Gasteiger charge is -2.19. The van der Waals surface area contributed by atoms with Crippen molar-refractivity contribution in [3.8, 4) is 5.75 Å². The fraction of sp³-hybridized carbons (Fsp3) is 0.533. The molecule has 2 atom stereocenters. The molecule has 0 aromatic heterocycles. The van der Waals surface area contributed by atoms with Crippen LogP contribution in [0.25, 0.3) is 0 Å². The number of hydrogen-bond acceptors (Lipinski definition) is 3. The van der Waals surface area contributed by atoms with E-state index in [1.807, 2.05) is 25.1 Å². The number of ether oxygens (including phenoxy) is 1. The molecule has 0 fully saturated rings. The number of rotatable bonds is 6. The molecule has 1 unspecified atom stereocenters. The summed E-state index contributed by atoms with van der Waals surface area (Å²) < 4.78 is 6.68. The molecule has 5 heteroatoms. The van der Waals surface area contributed by atoms with Gasteiger partial charge in [-0.3, -0.25) is 4.79 Å². The molecule has 112 valence electrons. The standard InChI is InChI=1S/C15H23BrN2O2/c1-9(2)8-18-15(19)11(4)20-14-6-5-12(16)7-13(14)10(3)17/h5-7,9-11H,8,17H2,1-4H3,(H,18,19)/t10-,11?/m0/s1. The smallest absolute Gasteiger partial charge is 0.260 e. The molecule has 0 bridgehead atoms. The van der Waals surface area contributed by atoms with Crippen LogP contribution in [0.3, 0.4) is 0 Å². The number of amides is 1. The topological polar surface area (TPSA) is 64.3 Å². The number of carbonyl (C=O) groups excluding carboxylic acids is 1. The van der Waals surface area contributed by atoms with Gasteiger partial charge in [-0.05, 0) is 38.0 Å². The van der Waals surface area contributed by atoms with Gasteiger partial charge < -0.3 is 15.8 Å². The monoisotopic (exact) mass is 342 g/mol. The van der Waals surface area contributed by atoms with E-state index in [-0.39, 0.29) is 11.9 Å². The van der Waals surface area contributed by atoms with Crippen molar-refractivity contribution in [1.29, 1.82) is 0 Å². The molecular weight excluding hydrogens is 320 g/mol. The van der Waals surface area contributed by atoms with Gasteiger partial charge in [0.15, 0.2) is 6.10 Å². The van der Waals surface area contributed by atoms with Gasteiger partial charge in [0.25, 0.3) is 5.91 Å². The van der Waals surface area contributed by atoms with E-state index in [1.54, 1.807) is 6.92 Å². The second-order valence-corrected chi connectivity index (χ2v) is 6.29. The van der Waals surface area contributed by atoms with E-state index in [9.17, 15) is 4.79 Å². The SMILES string of the molecule is CC(C)CNC(=O)C(C)Oc1ccc(Br)cc1[C@H](C)N. The highest BCUT2D eigenvalue weighted by Gasteiger charge is 2.17. The Morgan fingerprint density at radius 2 is 2.00 bits per heavy atom. The van der Waals surface area contributed by atoms with Gasteiger partial charge in [-0.15, -0.1) is 0 Å². The maximum atomic E-state index is 11.9. The molecule has 0 spiro atoms. The van der Waals surface area contributed by atoms with Crippen molar-refractivity contribution in [2.45, 2.75) is 39.8 Å². The minimum atomic E-state index is -0.549. The summed E-state index contributed by atoms with van der Waals surface area (Å²) in [5.41, 5.74) is 6.81. The summed E-state index contributed by atoms with van der Waals surface area (Å²) in [5, 5.41) is 2.86. The van der Waals surface area contributed by atoms with Crippen molar-refractivity contribution in [2.24, 2.45) is 11.7 Å². The molecule has 0 saturated carbocycles. The van der Waals surface area contributed by atoms with Crippen molar-refractivity contribution < 1.29 is 9.53 Å². The highest BCUT2D eigenvalue weighted by molar-refractivity contribution is 9.10. The third-order valence-electron chi connectivity index (χ3n) is 2.82. The van der Waals surface area contributed by atoms with E-state index >= 15 is 0 Å². The number of nitrogens with one attached hydrogen (secondary N) is 1. The molecule has 0 aliphatic heterocycles. The molecule has 0 aliphatic rings. The second kappa shape index (κ2) is 7.64. The van der Waals surface area contributed by atoms with Gasteiger partial charge in [0.1, 0.15) is 5.75 Å². The summed E-state index contributed by atoms with van der Waals surface area (Å²) in [4.78, 5) is 11.9. The molecule has 4 nitrogen and oxygen atoms in total. The van der Waals surface area contributed by atoms with Crippen LogP contribution in [0.2, 0.25) is 0 Å². The predicted octanol–water partition coefficient (Wildman–Crippen LogP) is 3.01. The Bertz CT molecular complexity index is 461. The summed E-state index contributed by atoms with van der Waals surface area (Å²) in [7, 11) is 0. The summed E-state index contributed by atoms with van der Waals surface area (Å²) in [6.45, 7) is 8.37. The van der Waals surface area contributed by atoms with Gasteiger partial charge in [0, 0.05) is 22.6 Å². The van der Waals surface area contributed by atoms with Crippen molar-refractivity contribution in [3.63, 3.8) is 0 Å². The summed E-state index contributed by atoms with van der Waals surface area (Å²) >= 11 is 3.41. The maximum absolute atomic E-state index is 11.9. The van der Waals surface area contributed by atoms with Crippen LogP contribution >= 0.6 is 15.9 Å². The molecule has 1 amide bonds. The summed E-state index contributed by atoms with van der Waals surface area (Å²) in [6.07, 6.45) is -0.549. The van der Waals surface area contributed by atoms with Crippen LogP contribution in [0.1, 0.15) is 39.3 Å². The zero-order valence-corrected chi connectivity index (χ0v) is 14.0. The third-order valence-corrected chi connectivity index (χ3v) is 3.31. The Morgan fingerprint density at radius 3 is 2.55 bits per heavy atom. The van der Waals surface area contributed by atoms with Crippen LogP contribution in [0.15, 0.2) is 22.7 Å². The van der Waals surface area contributed by atoms with E-state index in [2.05, 4.69) is 35.1 Å². The predicted molar refractivity (Wildman–Crippen MR) is 84.7 cm³/mol. The average Bonchev–Trinajstić information content (AvgIpc) is 2.37. The van der Waals surface area contributed by atoms with Gasteiger partial charge in [-0.2, -0.15) is 0 Å². The zero-order chi connectivity index (χ0) is 15.3. The highest BCUT2D eigenvalue weighted by atomic mass is 79.9. The highest BCUT2D eigenvalue weighted by Crippen LogP contribution is 2.28. The molecule has 3 N–H and O–H groups in total. The first kappa shape index (κ1) is 17.0.